The van der Waals surface area contributed by atoms with Crippen LogP contribution >= 0.6 is 0 Å². The second-order valence-electron chi connectivity index (χ2n) is 5.51. The molecule has 0 saturated carbocycles. The Morgan fingerprint density at radius 2 is 1.95 bits per heavy atom. The first-order valence-electron chi connectivity index (χ1n) is 7.37. The van der Waals surface area contributed by atoms with E-state index in [9.17, 15) is 4.79 Å². The summed E-state index contributed by atoms with van der Waals surface area (Å²) in [6, 6.07) is 10.1. The third-order valence-electron chi connectivity index (χ3n) is 4.05. The SMILES string of the molecule is O=C(CCc1ccccc1)N1CCCC2(C1)OCCO2. The van der Waals surface area contributed by atoms with Crippen LogP contribution in [0.25, 0.3) is 0 Å². The number of likely N-dealkylation sites (tertiary alicyclic amines) is 1. The Morgan fingerprint density at radius 3 is 2.70 bits per heavy atom. The number of carbonyl (C=O) groups excluding carboxylic acids is 1. The lowest BCUT2D eigenvalue weighted by atomic mass is 10.0. The molecular formula is C16H21NO3. The Kier molecular flexibility index (Phi) is 4.03. The Labute approximate surface area is 119 Å². The van der Waals surface area contributed by atoms with Crippen LogP contribution in [0.2, 0.25) is 0 Å². The number of amides is 1. The molecule has 4 nitrogen and oxygen atoms in total. The van der Waals surface area contributed by atoms with Crippen molar-refractivity contribution in [3.05, 3.63) is 35.9 Å². The Morgan fingerprint density at radius 1 is 1.20 bits per heavy atom. The second-order valence-corrected chi connectivity index (χ2v) is 5.51. The number of carbonyl (C=O) groups is 1. The lowest BCUT2D eigenvalue weighted by molar-refractivity contribution is -0.193. The van der Waals surface area contributed by atoms with Crippen LogP contribution in [0.1, 0.15) is 24.8 Å². The summed E-state index contributed by atoms with van der Waals surface area (Å²) < 4.78 is 11.4. The van der Waals surface area contributed by atoms with Crippen molar-refractivity contribution in [1.82, 2.24) is 4.90 Å². The van der Waals surface area contributed by atoms with Crippen LogP contribution in [0.15, 0.2) is 30.3 Å². The minimum Gasteiger partial charge on any atom is -0.346 e. The minimum atomic E-state index is -0.513. The van der Waals surface area contributed by atoms with Gasteiger partial charge in [0.15, 0.2) is 5.79 Å². The Balaban J connectivity index is 1.54. The van der Waals surface area contributed by atoms with Gasteiger partial charge in [0.2, 0.25) is 5.91 Å². The summed E-state index contributed by atoms with van der Waals surface area (Å²) in [6.07, 6.45) is 3.21. The van der Waals surface area contributed by atoms with E-state index in [2.05, 4.69) is 12.1 Å². The second kappa shape index (κ2) is 5.94. The van der Waals surface area contributed by atoms with E-state index in [1.54, 1.807) is 0 Å². The van der Waals surface area contributed by atoms with E-state index in [-0.39, 0.29) is 5.91 Å². The van der Waals surface area contributed by atoms with Gasteiger partial charge >= 0.3 is 0 Å². The highest BCUT2D eigenvalue weighted by Crippen LogP contribution is 2.30. The van der Waals surface area contributed by atoms with Crippen LogP contribution < -0.4 is 0 Å². The molecule has 108 valence electrons. The van der Waals surface area contributed by atoms with E-state index in [0.717, 1.165) is 25.8 Å². The molecule has 0 bridgehead atoms. The third-order valence-corrected chi connectivity index (χ3v) is 4.05. The highest BCUT2D eigenvalue weighted by molar-refractivity contribution is 5.76. The van der Waals surface area contributed by atoms with Gasteiger partial charge in [0, 0.05) is 19.4 Å². The number of ether oxygens (including phenoxy) is 2. The first-order valence-corrected chi connectivity index (χ1v) is 7.37. The third kappa shape index (κ3) is 3.02. The predicted octanol–water partition coefficient (Wildman–Crippen LogP) is 1.98. The first-order chi connectivity index (χ1) is 9.77. The number of nitrogens with zero attached hydrogens (tertiary/aromatic N) is 1. The van der Waals surface area contributed by atoms with E-state index in [1.165, 1.54) is 5.56 Å². The normalized spacial score (nSPS) is 21.3. The molecule has 2 fully saturated rings. The van der Waals surface area contributed by atoms with E-state index in [1.807, 2.05) is 23.1 Å². The summed E-state index contributed by atoms with van der Waals surface area (Å²) in [7, 11) is 0. The van der Waals surface area contributed by atoms with Gasteiger partial charge in [0.1, 0.15) is 0 Å². The van der Waals surface area contributed by atoms with Gasteiger partial charge in [-0.05, 0) is 18.4 Å². The molecule has 0 aromatic heterocycles. The van der Waals surface area contributed by atoms with Crippen LogP contribution in [0, 0.1) is 0 Å². The summed E-state index contributed by atoms with van der Waals surface area (Å²) in [5, 5.41) is 0. The average molecular weight is 275 g/mol. The fourth-order valence-corrected chi connectivity index (χ4v) is 2.99. The number of hydrogen-bond acceptors (Lipinski definition) is 3. The first kappa shape index (κ1) is 13.6. The van der Waals surface area contributed by atoms with Gasteiger partial charge in [-0.2, -0.15) is 0 Å². The maximum Gasteiger partial charge on any atom is 0.223 e. The summed E-state index contributed by atoms with van der Waals surface area (Å²) in [5.74, 6) is -0.312. The molecule has 0 aliphatic carbocycles. The van der Waals surface area contributed by atoms with Gasteiger partial charge < -0.3 is 14.4 Å². The maximum atomic E-state index is 12.3. The van der Waals surface area contributed by atoms with Crippen molar-refractivity contribution < 1.29 is 14.3 Å². The molecule has 0 atom stereocenters. The number of aryl methyl sites for hydroxylation is 1. The van der Waals surface area contributed by atoms with E-state index in [0.29, 0.717) is 26.2 Å². The van der Waals surface area contributed by atoms with Crippen molar-refractivity contribution in [2.24, 2.45) is 0 Å². The van der Waals surface area contributed by atoms with E-state index in [4.69, 9.17) is 9.47 Å². The van der Waals surface area contributed by atoms with Crippen molar-refractivity contribution in [2.45, 2.75) is 31.5 Å². The maximum absolute atomic E-state index is 12.3. The van der Waals surface area contributed by atoms with Crippen molar-refractivity contribution in [2.75, 3.05) is 26.3 Å². The zero-order chi connectivity index (χ0) is 13.8. The molecule has 2 heterocycles. The Hall–Kier alpha value is -1.39. The molecule has 4 heteroatoms. The van der Waals surface area contributed by atoms with Crippen molar-refractivity contribution >= 4 is 5.91 Å². The summed E-state index contributed by atoms with van der Waals surface area (Å²) in [4.78, 5) is 14.2. The topological polar surface area (TPSA) is 38.8 Å². The fourth-order valence-electron chi connectivity index (χ4n) is 2.99. The fraction of sp³-hybridized carbons (Fsp3) is 0.562. The number of piperidine rings is 1. The molecule has 2 saturated heterocycles. The van der Waals surface area contributed by atoms with Crippen molar-refractivity contribution in [1.29, 1.82) is 0 Å². The molecule has 1 aromatic carbocycles. The lowest BCUT2D eigenvalue weighted by Crippen LogP contribution is -2.51. The van der Waals surface area contributed by atoms with E-state index >= 15 is 0 Å². The Bertz CT molecular complexity index is 454. The largest absolute Gasteiger partial charge is 0.346 e. The van der Waals surface area contributed by atoms with Crippen LogP contribution in [0.5, 0.6) is 0 Å². The molecule has 0 unspecified atom stereocenters. The van der Waals surface area contributed by atoms with Gasteiger partial charge in [0.05, 0.1) is 19.8 Å². The molecule has 2 aliphatic heterocycles. The molecule has 0 N–H and O–H groups in total. The van der Waals surface area contributed by atoms with Gasteiger partial charge in [-0.3, -0.25) is 4.79 Å². The zero-order valence-electron chi connectivity index (χ0n) is 11.7. The van der Waals surface area contributed by atoms with Gasteiger partial charge in [-0.1, -0.05) is 30.3 Å². The van der Waals surface area contributed by atoms with Gasteiger partial charge in [-0.15, -0.1) is 0 Å². The number of rotatable bonds is 3. The summed E-state index contributed by atoms with van der Waals surface area (Å²) in [6.45, 7) is 2.70. The highest BCUT2D eigenvalue weighted by atomic mass is 16.7. The van der Waals surface area contributed by atoms with E-state index < -0.39 is 5.79 Å². The van der Waals surface area contributed by atoms with Gasteiger partial charge in [-0.25, -0.2) is 0 Å². The molecule has 1 aromatic rings. The number of benzene rings is 1. The van der Waals surface area contributed by atoms with Crippen molar-refractivity contribution in [3.8, 4) is 0 Å². The molecule has 2 aliphatic rings. The molecule has 3 rings (SSSR count). The molecule has 0 radical (unpaired) electrons. The van der Waals surface area contributed by atoms with Crippen LogP contribution in [-0.4, -0.2) is 42.9 Å². The standard InChI is InChI=1S/C16H21NO3/c18-15(8-7-14-5-2-1-3-6-14)17-10-4-9-16(13-17)19-11-12-20-16/h1-3,5-6H,4,7-13H2. The minimum absolute atomic E-state index is 0.201. The van der Waals surface area contributed by atoms with Crippen LogP contribution in [0.3, 0.4) is 0 Å². The zero-order valence-corrected chi connectivity index (χ0v) is 11.7. The summed E-state index contributed by atoms with van der Waals surface area (Å²) >= 11 is 0. The summed E-state index contributed by atoms with van der Waals surface area (Å²) in [5.41, 5.74) is 1.21. The molecule has 1 amide bonds. The number of hydrogen-bond donors (Lipinski definition) is 0. The monoisotopic (exact) mass is 275 g/mol. The van der Waals surface area contributed by atoms with Crippen molar-refractivity contribution in [3.63, 3.8) is 0 Å². The quantitative estimate of drug-likeness (QED) is 0.846. The lowest BCUT2D eigenvalue weighted by Gasteiger charge is -2.38. The van der Waals surface area contributed by atoms with Crippen LogP contribution in [-0.2, 0) is 20.7 Å². The average Bonchev–Trinajstić information content (AvgIpc) is 2.93. The molecular weight excluding hydrogens is 254 g/mol. The molecule has 1 spiro atoms. The van der Waals surface area contributed by atoms with Crippen LogP contribution in [0.4, 0.5) is 0 Å². The predicted molar refractivity (Wildman–Crippen MR) is 75.2 cm³/mol. The molecule has 20 heavy (non-hydrogen) atoms. The smallest absolute Gasteiger partial charge is 0.223 e. The van der Waals surface area contributed by atoms with Gasteiger partial charge in [0.25, 0.3) is 0 Å². The highest BCUT2D eigenvalue weighted by Gasteiger charge is 2.41.